The molecule has 6 nitrogen and oxygen atoms in total. The lowest BCUT2D eigenvalue weighted by Gasteiger charge is -2.08. The van der Waals surface area contributed by atoms with E-state index in [0.29, 0.717) is 11.3 Å². The van der Waals surface area contributed by atoms with Gasteiger partial charge in [-0.15, -0.1) is 0 Å². The zero-order valence-electron chi connectivity index (χ0n) is 15.0. The van der Waals surface area contributed by atoms with Crippen LogP contribution in [0.1, 0.15) is 16.7 Å². The van der Waals surface area contributed by atoms with Crippen LogP contribution in [0.15, 0.2) is 59.7 Å². The smallest absolute Gasteiger partial charge is 0.329 e. The zero-order chi connectivity index (χ0) is 19.4. The van der Waals surface area contributed by atoms with Crippen LogP contribution in [-0.2, 0) is 9.59 Å². The minimum absolute atomic E-state index is 0.0338. The van der Waals surface area contributed by atoms with Crippen LogP contribution < -0.4 is 10.7 Å². The Labute approximate surface area is 156 Å². The van der Waals surface area contributed by atoms with Crippen LogP contribution in [0.4, 0.5) is 5.69 Å². The van der Waals surface area contributed by atoms with E-state index < -0.39 is 11.8 Å². The molecule has 3 N–H and O–H groups in total. The maximum Gasteiger partial charge on any atom is 0.329 e. The minimum atomic E-state index is -0.896. The average Bonchev–Trinajstić information content (AvgIpc) is 2.66. The van der Waals surface area contributed by atoms with Crippen molar-refractivity contribution in [2.24, 2.45) is 5.10 Å². The van der Waals surface area contributed by atoms with E-state index >= 15 is 0 Å². The number of nitrogens with one attached hydrogen (secondary N) is 2. The maximum atomic E-state index is 12.1. The van der Waals surface area contributed by atoms with Crippen molar-refractivity contribution in [1.82, 2.24) is 5.43 Å². The number of phenolic OH excluding ortho intramolecular Hbond substituents is 1. The van der Waals surface area contributed by atoms with Gasteiger partial charge < -0.3 is 10.4 Å². The van der Waals surface area contributed by atoms with Crippen molar-refractivity contribution >= 4 is 34.5 Å². The number of hydrazone groups is 1. The number of hydrogen-bond acceptors (Lipinski definition) is 4. The number of hydrogen-bond donors (Lipinski definition) is 3. The SMILES string of the molecule is Cc1ccc(C)c(NC(=O)C(=O)NN=Cc2c(O)ccc3ccccc23)c1. The van der Waals surface area contributed by atoms with Crippen molar-refractivity contribution in [2.75, 3.05) is 5.32 Å². The predicted octanol–water partition coefficient (Wildman–Crippen LogP) is 3.25. The Morgan fingerprint density at radius 3 is 2.59 bits per heavy atom. The van der Waals surface area contributed by atoms with Gasteiger partial charge in [0.15, 0.2) is 0 Å². The largest absolute Gasteiger partial charge is 0.507 e. The zero-order valence-corrected chi connectivity index (χ0v) is 15.0. The number of aromatic hydroxyl groups is 1. The summed E-state index contributed by atoms with van der Waals surface area (Å²) in [5.41, 5.74) is 5.05. The van der Waals surface area contributed by atoms with Crippen LogP contribution in [0.25, 0.3) is 10.8 Å². The van der Waals surface area contributed by atoms with E-state index in [0.717, 1.165) is 21.9 Å². The average molecular weight is 361 g/mol. The normalized spacial score (nSPS) is 10.9. The van der Waals surface area contributed by atoms with E-state index in [1.54, 1.807) is 18.2 Å². The molecule has 0 aliphatic carbocycles. The molecule has 3 rings (SSSR count). The number of anilines is 1. The van der Waals surface area contributed by atoms with Crippen LogP contribution >= 0.6 is 0 Å². The molecule has 136 valence electrons. The third-order valence-electron chi connectivity index (χ3n) is 4.15. The Bertz CT molecular complexity index is 1060. The molecule has 0 saturated heterocycles. The maximum absolute atomic E-state index is 12.1. The van der Waals surface area contributed by atoms with Crippen LogP contribution in [0.3, 0.4) is 0 Å². The Morgan fingerprint density at radius 1 is 1.00 bits per heavy atom. The molecule has 6 heteroatoms. The fraction of sp³-hybridized carbons (Fsp3) is 0.0952. The van der Waals surface area contributed by atoms with E-state index in [1.165, 1.54) is 6.21 Å². The van der Waals surface area contributed by atoms with Gasteiger partial charge in [-0.1, -0.05) is 42.5 Å². The molecule has 0 heterocycles. The Morgan fingerprint density at radius 2 is 1.78 bits per heavy atom. The van der Waals surface area contributed by atoms with Crippen LogP contribution in [-0.4, -0.2) is 23.1 Å². The molecule has 0 aliphatic heterocycles. The first-order valence-electron chi connectivity index (χ1n) is 8.38. The standard InChI is InChI=1S/C21H19N3O3/c1-13-7-8-14(2)18(11-13)23-20(26)21(27)24-22-12-17-16-6-4-3-5-15(16)9-10-19(17)25/h3-12,25H,1-2H3,(H,23,26)(H,24,27). The fourth-order valence-corrected chi connectivity index (χ4v) is 2.68. The topological polar surface area (TPSA) is 90.8 Å². The second-order valence-electron chi connectivity index (χ2n) is 6.19. The van der Waals surface area contributed by atoms with Gasteiger partial charge in [0.05, 0.1) is 6.21 Å². The molecule has 0 aliphatic rings. The molecule has 3 aromatic rings. The van der Waals surface area contributed by atoms with E-state index in [-0.39, 0.29) is 5.75 Å². The van der Waals surface area contributed by atoms with Gasteiger partial charge >= 0.3 is 11.8 Å². The van der Waals surface area contributed by atoms with Crippen molar-refractivity contribution < 1.29 is 14.7 Å². The summed E-state index contributed by atoms with van der Waals surface area (Å²) < 4.78 is 0. The molecule has 0 atom stereocenters. The van der Waals surface area contributed by atoms with Crippen molar-refractivity contribution in [3.05, 3.63) is 71.3 Å². The van der Waals surface area contributed by atoms with Crippen molar-refractivity contribution in [3.8, 4) is 5.75 Å². The number of carbonyl (C=O) groups excluding carboxylic acids is 2. The lowest BCUT2D eigenvalue weighted by molar-refractivity contribution is -0.136. The molecule has 0 bridgehead atoms. The van der Waals surface area contributed by atoms with Crippen LogP contribution in [0.5, 0.6) is 5.75 Å². The molecule has 0 spiro atoms. The highest BCUT2D eigenvalue weighted by Crippen LogP contribution is 2.25. The van der Waals surface area contributed by atoms with Gasteiger partial charge in [-0.05, 0) is 47.9 Å². The molecule has 0 aromatic heterocycles. The quantitative estimate of drug-likeness (QED) is 0.380. The van der Waals surface area contributed by atoms with Gasteiger partial charge in [-0.2, -0.15) is 5.10 Å². The highest BCUT2D eigenvalue weighted by atomic mass is 16.3. The second-order valence-corrected chi connectivity index (χ2v) is 6.19. The van der Waals surface area contributed by atoms with Gasteiger partial charge in [-0.3, -0.25) is 9.59 Å². The summed E-state index contributed by atoms with van der Waals surface area (Å²) in [7, 11) is 0. The molecule has 3 aromatic carbocycles. The Kier molecular flexibility index (Phi) is 5.17. The van der Waals surface area contributed by atoms with E-state index in [2.05, 4.69) is 15.8 Å². The Balaban J connectivity index is 1.71. The summed E-state index contributed by atoms with van der Waals surface area (Å²) >= 11 is 0. The van der Waals surface area contributed by atoms with Gasteiger partial charge in [0.1, 0.15) is 5.75 Å². The summed E-state index contributed by atoms with van der Waals surface area (Å²) in [4.78, 5) is 24.0. The lowest BCUT2D eigenvalue weighted by Crippen LogP contribution is -2.32. The number of aryl methyl sites for hydroxylation is 2. The van der Waals surface area contributed by atoms with Crippen molar-refractivity contribution in [3.63, 3.8) is 0 Å². The summed E-state index contributed by atoms with van der Waals surface area (Å²) in [6.07, 6.45) is 1.32. The van der Waals surface area contributed by atoms with E-state index in [4.69, 9.17) is 0 Å². The first kappa shape index (κ1) is 18.1. The number of phenols is 1. The van der Waals surface area contributed by atoms with E-state index in [1.807, 2.05) is 50.2 Å². The molecule has 0 fully saturated rings. The minimum Gasteiger partial charge on any atom is -0.507 e. The molecule has 27 heavy (non-hydrogen) atoms. The van der Waals surface area contributed by atoms with Crippen molar-refractivity contribution in [1.29, 1.82) is 0 Å². The summed E-state index contributed by atoms with van der Waals surface area (Å²) in [6, 6.07) is 16.4. The molecule has 0 saturated carbocycles. The third kappa shape index (κ3) is 4.12. The fourth-order valence-electron chi connectivity index (χ4n) is 2.68. The molecule has 0 unspecified atom stereocenters. The van der Waals surface area contributed by atoms with Gasteiger partial charge in [0.2, 0.25) is 0 Å². The first-order chi connectivity index (χ1) is 13.0. The summed E-state index contributed by atoms with van der Waals surface area (Å²) in [5.74, 6) is -1.68. The molecular weight excluding hydrogens is 342 g/mol. The number of fused-ring (bicyclic) bond motifs is 1. The molecular formula is C21H19N3O3. The number of nitrogens with zero attached hydrogens (tertiary/aromatic N) is 1. The van der Waals surface area contributed by atoms with Crippen LogP contribution in [0.2, 0.25) is 0 Å². The van der Waals surface area contributed by atoms with E-state index in [9.17, 15) is 14.7 Å². The number of rotatable bonds is 3. The highest BCUT2D eigenvalue weighted by molar-refractivity contribution is 6.39. The van der Waals surface area contributed by atoms with Crippen molar-refractivity contribution in [2.45, 2.75) is 13.8 Å². The second kappa shape index (κ2) is 7.70. The monoisotopic (exact) mass is 361 g/mol. The summed E-state index contributed by atoms with van der Waals surface area (Å²) in [6.45, 7) is 3.74. The van der Waals surface area contributed by atoms with Gasteiger partial charge in [0, 0.05) is 11.3 Å². The lowest BCUT2D eigenvalue weighted by atomic mass is 10.0. The van der Waals surface area contributed by atoms with Gasteiger partial charge in [-0.25, -0.2) is 5.43 Å². The van der Waals surface area contributed by atoms with Gasteiger partial charge in [0.25, 0.3) is 0 Å². The molecule has 2 amide bonds. The summed E-state index contributed by atoms with van der Waals surface area (Å²) in [5, 5.41) is 18.1. The third-order valence-corrected chi connectivity index (χ3v) is 4.15. The molecule has 0 radical (unpaired) electrons. The Hall–Kier alpha value is -3.67. The van der Waals surface area contributed by atoms with Crippen LogP contribution in [0, 0.1) is 13.8 Å². The number of carbonyl (C=O) groups is 2. The first-order valence-corrected chi connectivity index (χ1v) is 8.38. The predicted molar refractivity (Wildman–Crippen MR) is 106 cm³/mol. The number of benzene rings is 3. The number of amides is 2. The highest BCUT2D eigenvalue weighted by Gasteiger charge is 2.14.